The number of anilines is 1. The van der Waals surface area contributed by atoms with Crippen molar-refractivity contribution in [2.45, 2.75) is 25.3 Å². The summed E-state index contributed by atoms with van der Waals surface area (Å²) in [4.78, 5) is 13.5. The fourth-order valence-corrected chi connectivity index (χ4v) is 2.56. The quantitative estimate of drug-likeness (QED) is 0.829. The molecule has 0 bridgehead atoms. The van der Waals surface area contributed by atoms with Gasteiger partial charge in [-0.05, 0) is 42.3 Å². The maximum atomic E-state index is 12.9. The molecule has 0 spiro atoms. The second kappa shape index (κ2) is 4.53. The van der Waals surface area contributed by atoms with Crippen LogP contribution in [-0.2, 0) is 4.79 Å². The number of aliphatic hydroxyl groups is 1. The number of hydrogen-bond donors (Lipinski definition) is 1. The van der Waals surface area contributed by atoms with Gasteiger partial charge in [-0.3, -0.25) is 4.79 Å². The van der Waals surface area contributed by atoms with Crippen molar-refractivity contribution in [3.05, 3.63) is 53.6 Å². The van der Waals surface area contributed by atoms with Gasteiger partial charge in [0.2, 0.25) is 5.91 Å². The highest BCUT2D eigenvalue weighted by Gasteiger charge is 2.39. The van der Waals surface area contributed by atoms with Gasteiger partial charge in [-0.15, -0.1) is 0 Å². The Morgan fingerprint density at radius 1 is 1.16 bits per heavy atom. The van der Waals surface area contributed by atoms with Crippen LogP contribution in [0.2, 0.25) is 0 Å². The van der Waals surface area contributed by atoms with Crippen molar-refractivity contribution < 1.29 is 14.3 Å². The lowest BCUT2D eigenvalue weighted by molar-refractivity contribution is -0.123. The number of carbonyl (C=O) groups is 1. The van der Waals surface area contributed by atoms with E-state index < -0.39 is 0 Å². The minimum absolute atomic E-state index is 0.0438. The Bertz CT molecular complexity index is 574. The van der Waals surface area contributed by atoms with Crippen molar-refractivity contribution in [2.24, 2.45) is 0 Å². The van der Waals surface area contributed by atoms with Crippen molar-refractivity contribution in [3.8, 4) is 0 Å². The highest BCUT2D eigenvalue weighted by atomic mass is 19.1. The number of benzene rings is 1. The largest absolute Gasteiger partial charge is 0.512 e. The van der Waals surface area contributed by atoms with Gasteiger partial charge in [0, 0.05) is 12.1 Å². The van der Waals surface area contributed by atoms with Crippen molar-refractivity contribution >= 4 is 11.6 Å². The Morgan fingerprint density at radius 3 is 2.47 bits per heavy atom. The van der Waals surface area contributed by atoms with E-state index in [1.807, 2.05) is 6.08 Å². The molecule has 98 valence electrons. The van der Waals surface area contributed by atoms with E-state index in [2.05, 4.69) is 0 Å². The zero-order chi connectivity index (χ0) is 13.4. The fourth-order valence-electron chi connectivity index (χ4n) is 2.56. The van der Waals surface area contributed by atoms with Gasteiger partial charge in [0.1, 0.15) is 5.82 Å². The van der Waals surface area contributed by atoms with Crippen molar-refractivity contribution in [1.29, 1.82) is 0 Å². The topological polar surface area (TPSA) is 40.5 Å². The van der Waals surface area contributed by atoms with E-state index in [-0.39, 0.29) is 17.8 Å². The van der Waals surface area contributed by atoms with Crippen LogP contribution in [0.1, 0.15) is 19.3 Å². The number of β-lactam (4-membered cyclic amide) rings is 1. The third-order valence-corrected chi connectivity index (χ3v) is 3.64. The number of carbonyl (C=O) groups excluding carboxylic acids is 1. The molecule has 1 atom stereocenters. The summed E-state index contributed by atoms with van der Waals surface area (Å²) < 4.78 is 12.9. The van der Waals surface area contributed by atoms with Gasteiger partial charge in [-0.1, -0.05) is 6.08 Å². The maximum Gasteiger partial charge on any atom is 0.229 e. The number of aliphatic hydroxyl groups excluding tert-OH is 1. The average Bonchev–Trinajstić information content (AvgIpc) is 2.40. The summed E-state index contributed by atoms with van der Waals surface area (Å²) in [5, 5.41) is 9.36. The molecule has 1 aromatic rings. The number of nitrogens with zero attached hydrogens (tertiary/aromatic N) is 1. The molecule has 1 aliphatic carbocycles. The molecule has 1 saturated heterocycles. The van der Waals surface area contributed by atoms with Crippen LogP contribution < -0.4 is 4.90 Å². The molecule has 4 heteroatoms. The molecule has 19 heavy (non-hydrogen) atoms. The zero-order valence-corrected chi connectivity index (χ0v) is 10.3. The Morgan fingerprint density at radius 2 is 1.89 bits per heavy atom. The Labute approximate surface area is 110 Å². The molecule has 1 N–H and O–H groups in total. The first-order valence-electron chi connectivity index (χ1n) is 6.31. The molecule has 2 aliphatic rings. The molecular formula is C15H14FNO2. The number of allylic oxidation sites excluding steroid dienone is 3. The van der Waals surface area contributed by atoms with Gasteiger partial charge < -0.3 is 10.0 Å². The molecule has 0 radical (unpaired) electrons. The van der Waals surface area contributed by atoms with Crippen LogP contribution in [0.25, 0.3) is 0 Å². The van der Waals surface area contributed by atoms with Crippen LogP contribution in [0.4, 0.5) is 10.1 Å². The highest BCUT2D eigenvalue weighted by molar-refractivity contribution is 6.02. The predicted molar refractivity (Wildman–Crippen MR) is 70.3 cm³/mol. The molecule has 1 heterocycles. The first-order chi connectivity index (χ1) is 9.15. The zero-order valence-electron chi connectivity index (χ0n) is 10.3. The second-order valence-corrected chi connectivity index (χ2v) is 4.86. The van der Waals surface area contributed by atoms with E-state index in [0.29, 0.717) is 18.6 Å². The molecule has 1 aromatic carbocycles. The van der Waals surface area contributed by atoms with E-state index in [1.54, 1.807) is 23.1 Å². The number of amides is 1. The first kappa shape index (κ1) is 12.0. The molecule has 1 fully saturated rings. The van der Waals surface area contributed by atoms with E-state index in [0.717, 1.165) is 17.7 Å². The summed E-state index contributed by atoms with van der Waals surface area (Å²) in [5.74, 6) is 0.122. The lowest BCUT2D eigenvalue weighted by atomic mass is 9.87. The normalized spacial score (nSPS) is 22.7. The summed E-state index contributed by atoms with van der Waals surface area (Å²) in [6.07, 6.45) is 5.43. The molecule has 1 amide bonds. The van der Waals surface area contributed by atoms with Crippen LogP contribution in [0.5, 0.6) is 0 Å². The summed E-state index contributed by atoms with van der Waals surface area (Å²) >= 11 is 0. The van der Waals surface area contributed by atoms with E-state index in [9.17, 15) is 14.3 Å². The molecule has 0 saturated carbocycles. The minimum Gasteiger partial charge on any atom is -0.512 e. The van der Waals surface area contributed by atoms with Gasteiger partial charge in [0.15, 0.2) is 0 Å². The lowest BCUT2D eigenvalue weighted by Gasteiger charge is -2.42. The fraction of sp³-hybridized carbons (Fsp3) is 0.267. The van der Waals surface area contributed by atoms with Crippen LogP contribution in [0, 0.1) is 5.82 Å². The van der Waals surface area contributed by atoms with Crippen molar-refractivity contribution in [1.82, 2.24) is 0 Å². The van der Waals surface area contributed by atoms with Gasteiger partial charge in [0.25, 0.3) is 0 Å². The summed E-state index contributed by atoms with van der Waals surface area (Å²) in [6.45, 7) is 0. The highest BCUT2D eigenvalue weighted by Crippen LogP contribution is 2.35. The minimum atomic E-state index is -0.307. The van der Waals surface area contributed by atoms with E-state index in [1.165, 1.54) is 12.1 Å². The molecule has 0 unspecified atom stereocenters. The summed E-state index contributed by atoms with van der Waals surface area (Å²) in [6, 6.07) is 6.01. The number of halogens is 1. The van der Waals surface area contributed by atoms with Crippen molar-refractivity contribution in [2.75, 3.05) is 4.90 Å². The molecule has 3 nitrogen and oxygen atoms in total. The Balaban J connectivity index is 1.85. The smallest absolute Gasteiger partial charge is 0.229 e. The standard InChI is InChI=1S/C15H14FNO2/c16-11-3-5-12(6-4-11)17-14(9-15(17)19)10-1-7-13(18)8-2-10/h1,3-7,14,18H,2,8-9H2/t14-/m0/s1. The number of hydrogen-bond acceptors (Lipinski definition) is 2. The summed E-state index contributed by atoms with van der Waals surface area (Å²) in [7, 11) is 0. The summed E-state index contributed by atoms with van der Waals surface area (Å²) in [5.41, 5.74) is 1.86. The Hall–Kier alpha value is -2.10. The molecular weight excluding hydrogens is 245 g/mol. The second-order valence-electron chi connectivity index (χ2n) is 4.86. The van der Waals surface area contributed by atoms with Gasteiger partial charge in [-0.2, -0.15) is 0 Å². The lowest BCUT2D eigenvalue weighted by Crippen LogP contribution is -2.54. The monoisotopic (exact) mass is 259 g/mol. The molecule has 1 aliphatic heterocycles. The van der Waals surface area contributed by atoms with Crippen LogP contribution >= 0.6 is 0 Å². The van der Waals surface area contributed by atoms with Crippen LogP contribution in [0.3, 0.4) is 0 Å². The third-order valence-electron chi connectivity index (χ3n) is 3.64. The van der Waals surface area contributed by atoms with E-state index in [4.69, 9.17) is 0 Å². The molecule has 3 rings (SSSR count). The Kier molecular flexibility index (Phi) is 2.85. The number of rotatable bonds is 2. The van der Waals surface area contributed by atoms with Gasteiger partial charge in [0.05, 0.1) is 18.2 Å². The van der Waals surface area contributed by atoms with Crippen LogP contribution in [-0.4, -0.2) is 17.1 Å². The predicted octanol–water partition coefficient (Wildman–Crippen LogP) is 3.09. The molecule has 0 aromatic heterocycles. The van der Waals surface area contributed by atoms with Crippen LogP contribution in [0.15, 0.2) is 47.7 Å². The van der Waals surface area contributed by atoms with Gasteiger partial charge in [-0.25, -0.2) is 4.39 Å². The third kappa shape index (κ3) is 2.14. The first-order valence-corrected chi connectivity index (χ1v) is 6.31. The maximum absolute atomic E-state index is 12.9. The van der Waals surface area contributed by atoms with Gasteiger partial charge >= 0.3 is 0 Å². The average molecular weight is 259 g/mol. The van der Waals surface area contributed by atoms with Crippen molar-refractivity contribution in [3.63, 3.8) is 0 Å². The SMILES string of the molecule is O=C1C[C@@H](C2=CC=C(O)CC2)N1c1ccc(F)cc1. The van der Waals surface area contributed by atoms with E-state index >= 15 is 0 Å².